The molecule has 0 amide bonds. The molecular formula is C14H17FN2S2. The molecule has 0 aliphatic heterocycles. The van der Waals surface area contributed by atoms with Gasteiger partial charge in [-0.25, -0.2) is 9.37 Å². The third kappa shape index (κ3) is 4.03. The Kier molecular flexibility index (Phi) is 4.96. The van der Waals surface area contributed by atoms with Gasteiger partial charge in [0.15, 0.2) is 4.34 Å². The fourth-order valence-electron chi connectivity index (χ4n) is 1.59. The van der Waals surface area contributed by atoms with E-state index in [1.807, 2.05) is 18.4 Å². The molecule has 1 aromatic heterocycles. The van der Waals surface area contributed by atoms with E-state index in [-0.39, 0.29) is 5.82 Å². The SMILES string of the molecule is Cc1csc(Sc2c(F)cccc2CNC(C)C)n1. The van der Waals surface area contributed by atoms with Crippen molar-refractivity contribution in [3.8, 4) is 0 Å². The molecule has 102 valence electrons. The number of rotatable bonds is 5. The monoisotopic (exact) mass is 296 g/mol. The molecule has 0 saturated carbocycles. The summed E-state index contributed by atoms with van der Waals surface area (Å²) in [6.07, 6.45) is 0. The highest BCUT2D eigenvalue weighted by Gasteiger charge is 2.12. The van der Waals surface area contributed by atoms with E-state index < -0.39 is 0 Å². The first-order valence-corrected chi connectivity index (χ1v) is 7.86. The summed E-state index contributed by atoms with van der Waals surface area (Å²) >= 11 is 2.96. The summed E-state index contributed by atoms with van der Waals surface area (Å²) in [6.45, 7) is 6.78. The van der Waals surface area contributed by atoms with Crippen LogP contribution in [0.25, 0.3) is 0 Å². The second kappa shape index (κ2) is 6.50. The average Bonchev–Trinajstić information content (AvgIpc) is 2.75. The van der Waals surface area contributed by atoms with Crippen LogP contribution in [-0.4, -0.2) is 11.0 Å². The smallest absolute Gasteiger partial charge is 0.155 e. The lowest BCUT2D eigenvalue weighted by Gasteiger charge is -2.12. The maximum Gasteiger partial charge on any atom is 0.155 e. The Bertz CT molecular complexity index is 552. The van der Waals surface area contributed by atoms with Gasteiger partial charge in [-0.2, -0.15) is 0 Å². The highest BCUT2D eigenvalue weighted by atomic mass is 32.2. The first-order valence-electron chi connectivity index (χ1n) is 6.17. The summed E-state index contributed by atoms with van der Waals surface area (Å²) in [5, 5.41) is 5.30. The van der Waals surface area contributed by atoms with Crippen LogP contribution in [0.5, 0.6) is 0 Å². The summed E-state index contributed by atoms with van der Waals surface area (Å²) in [4.78, 5) is 5.05. The topological polar surface area (TPSA) is 24.9 Å². The zero-order valence-corrected chi connectivity index (χ0v) is 12.9. The predicted octanol–water partition coefficient (Wildman–Crippen LogP) is 4.24. The van der Waals surface area contributed by atoms with Crippen molar-refractivity contribution in [2.75, 3.05) is 0 Å². The van der Waals surface area contributed by atoms with E-state index >= 15 is 0 Å². The molecule has 0 radical (unpaired) electrons. The van der Waals surface area contributed by atoms with Gasteiger partial charge in [-0.15, -0.1) is 11.3 Å². The summed E-state index contributed by atoms with van der Waals surface area (Å²) in [7, 11) is 0. The minimum absolute atomic E-state index is 0.180. The zero-order valence-electron chi connectivity index (χ0n) is 11.2. The zero-order chi connectivity index (χ0) is 13.8. The van der Waals surface area contributed by atoms with Crippen LogP contribution in [0.15, 0.2) is 32.8 Å². The van der Waals surface area contributed by atoms with Crippen molar-refractivity contribution in [1.29, 1.82) is 0 Å². The van der Waals surface area contributed by atoms with Gasteiger partial charge in [-0.1, -0.05) is 37.7 Å². The third-order valence-electron chi connectivity index (χ3n) is 2.54. The van der Waals surface area contributed by atoms with Crippen molar-refractivity contribution >= 4 is 23.1 Å². The number of halogens is 1. The van der Waals surface area contributed by atoms with Gasteiger partial charge in [-0.05, 0) is 18.6 Å². The molecule has 0 spiro atoms. The van der Waals surface area contributed by atoms with Gasteiger partial charge in [0.05, 0.1) is 4.90 Å². The fourth-order valence-corrected chi connectivity index (χ4v) is 3.50. The van der Waals surface area contributed by atoms with E-state index in [0.29, 0.717) is 17.5 Å². The number of nitrogens with one attached hydrogen (secondary N) is 1. The molecule has 5 heteroatoms. The Morgan fingerprint density at radius 3 is 2.84 bits per heavy atom. The van der Waals surface area contributed by atoms with Gasteiger partial charge in [0.2, 0.25) is 0 Å². The van der Waals surface area contributed by atoms with Crippen LogP contribution in [0.4, 0.5) is 4.39 Å². The first-order chi connectivity index (χ1) is 9.06. The molecule has 1 heterocycles. The highest BCUT2D eigenvalue weighted by Crippen LogP contribution is 2.34. The number of nitrogens with zero attached hydrogens (tertiary/aromatic N) is 1. The van der Waals surface area contributed by atoms with Gasteiger partial charge in [0.25, 0.3) is 0 Å². The average molecular weight is 296 g/mol. The number of aromatic nitrogens is 1. The van der Waals surface area contributed by atoms with E-state index in [1.165, 1.54) is 17.8 Å². The van der Waals surface area contributed by atoms with Crippen LogP contribution in [0, 0.1) is 12.7 Å². The van der Waals surface area contributed by atoms with Crippen molar-refractivity contribution in [3.05, 3.63) is 40.7 Å². The van der Waals surface area contributed by atoms with Gasteiger partial charge < -0.3 is 5.32 Å². The summed E-state index contributed by atoms with van der Waals surface area (Å²) < 4.78 is 14.9. The molecule has 0 bridgehead atoms. The standard InChI is InChI=1S/C14H17FN2S2/c1-9(2)16-7-11-5-4-6-12(15)13(11)19-14-17-10(3)8-18-14/h4-6,8-9,16H,7H2,1-3H3. The molecule has 0 fully saturated rings. The second-order valence-corrected chi connectivity index (χ2v) is 6.74. The predicted molar refractivity (Wildman–Crippen MR) is 79.3 cm³/mol. The van der Waals surface area contributed by atoms with Crippen molar-refractivity contribution in [2.45, 2.75) is 42.6 Å². The maximum atomic E-state index is 14.0. The number of thiazole rings is 1. The molecule has 2 rings (SSSR count). The largest absolute Gasteiger partial charge is 0.310 e. The number of aryl methyl sites for hydroxylation is 1. The minimum Gasteiger partial charge on any atom is -0.310 e. The lowest BCUT2D eigenvalue weighted by Crippen LogP contribution is -2.22. The van der Waals surface area contributed by atoms with Gasteiger partial charge >= 0.3 is 0 Å². The van der Waals surface area contributed by atoms with Gasteiger partial charge in [0, 0.05) is 23.7 Å². The molecule has 1 aromatic carbocycles. The van der Waals surface area contributed by atoms with Crippen LogP contribution in [0.3, 0.4) is 0 Å². The number of hydrogen-bond acceptors (Lipinski definition) is 4. The van der Waals surface area contributed by atoms with Crippen LogP contribution in [0.1, 0.15) is 25.1 Å². The van der Waals surface area contributed by atoms with Crippen molar-refractivity contribution < 1.29 is 4.39 Å². The van der Waals surface area contributed by atoms with Crippen LogP contribution in [-0.2, 0) is 6.54 Å². The number of benzene rings is 1. The van der Waals surface area contributed by atoms with Gasteiger partial charge in [-0.3, -0.25) is 0 Å². The molecule has 0 unspecified atom stereocenters. The molecule has 1 N–H and O–H groups in total. The summed E-state index contributed by atoms with van der Waals surface area (Å²) in [5.41, 5.74) is 1.96. The van der Waals surface area contributed by atoms with Crippen molar-refractivity contribution in [2.24, 2.45) is 0 Å². The van der Waals surface area contributed by atoms with E-state index in [1.54, 1.807) is 17.4 Å². The van der Waals surface area contributed by atoms with Crippen LogP contribution < -0.4 is 5.32 Å². The molecular weight excluding hydrogens is 279 g/mol. The molecule has 19 heavy (non-hydrogen) atoms. The molecule has 2 nitrogen and oxygen atoms in total. The molecule has 0 aliphatic carbocycles. The highest BCUT2D eigenvalue weighted by molar-refractivity contribution is 8.01. The Morgan fingerprint density at radius 2 is 2.21 bits per heavy atom. The second-order valence-electron chi connectivity index (χ2n) is 4.62. The third-order valence-corrected chi connectivity index (χ3v) is 4.75. The van der Waals surface area contributed by atoms with Crippen LogP contribution in [0.2, 0.25) is 0 Å². The lowest BCUT2D eigenvalue weighted by atomic mass is 10.2. The Balaban J connectivity index is 2.22. The Morgan fingerprint density at radius 1 is 1.42 bits per heavy atom. The van der Waals surface area contributed by atoms with Crippen molar-refractivity contribution in [1.82, 2.24) is 10.3 Å². The summed E-state index contributed by atoms with van der Waals surface area (Å²) in [5.74, 6) is -0.180. The number of hydrogen-bond donors (Lipinski definition) is 1. The first kappa shape index (κ1) is 14.5. The Hall–Kier alpha value is -0.910. The van der Waals surface area contributed by atoms with E-state index in [9.17, 15) is 4.39 Å². The van der Waals surface area contributed by atoms with E-state index in [0.717, 1.165) is 15.6 Å². The van der Waals surface area contributed by atoms with Gasteiger partial charge in [0.1, 0.15) is 5.82 Å². The van der Waals surface area contributed by atoms with Crippen molar-refractivity contribution in [3.63, 3.8) is 0 Å². The molecule has 2 aromatic rings. The lowest BCUT2D eigenvalue weighted by molar-refractivity contribution is 0.564. The quantitative estimate of drug-likeness (QED) is 0.893. The normalized spacial score (nSPS) is 11.2. The molecule has 0 aliphatic rings. The minimum atomic E-state index is -0.180. The van der Waals surface area contributed by atoms with E-state index in [2.05, 4.69) is 24.1 Å². The molecule has 0 saturated heterocycles. The fraction of sp³-hybridized carbons (Fsp3) is 0.357. The van der Waals surface area contributed by atoms with Crippen LogP contribution >= 0.6 is 23.1 Å². The maximum absolute atomic E-state index is 14.0. The Labute approximate surface area is 121 Å². The molecule has 0 atom stereocenters. The summed E-state index contributed by atoms with van der Waals surface area (Å²) in [6, 6.07) is 5.59. The van der Waals surface area contributed by atoms with E-state index in [4.69, 9.17) is 0 Å².